The number of nitrogens with one attached hydrogen (secondary N) is 2. The fourth-order valence-electron chi connectivity index (χ4n) is 3.53. The Morgan fingerprint density at radius 2 is 1.54 bits per heavy atom. The second-order valence-electron chi connectivity index (χ2n) is 7.19. The van der Waals surface area contributed by atoms with E-state index in [1.54, 1.807) is 0 Å². The first-order valence-corrected chi connectivity index (χ1v) is 10.1. The summed E-state index contributed by atoms with van der Waals surface area (Å²) < 4.78 is 0. The molecular weight excluding hydrogens is 350 g/mol. The van der Waals surface area contributed by atoms with Crippen molar-refractivity contribution in [3.8, 4) is 0 Å². The average Bonchev–Trinajstić information content (AvgIpc) is 2.76. The zero-order chi connectivity index (χ0) is 19.6. The van der Waals surface area contributed by atoms with Crippen molar-refractivity contribution >= 4 is 11.8 Å². The molecule has 0 bridgehead atoms. The van der Waals surface area contributed by atoms with E-state index in [0.717, 1.165) is 36.9 Å². The standard InChI is InChI=1S/C23H29N3O2/c27-22-18-21(19-10-3-1-4-11-19)24-15-9-17-26(16-8-7-14-25-22)23(28)20-12-5-2-6-13-20/h1-6,10-13,21,24H,7-9,14-18H2,(H,25,27). The Bertz CT molecular complexity index is 749. The van der Waals surface area contributed by atoms with E-state index in [1.165, 1.54) is 0 Å². The van der Waals surface area contributed by atoms with Gasteiger partial charge in [-0.25, -0.2) is 0 Å². The normalized spacial score (nSPS) is 19.6. The maximum absolute atomic E-state index is 12.9. The van der Waals surface area contributed by atoms with Crippen molar-refractivity contribution in [3.05, 3.63) is 71.8 Å². The summed E-state index contributed by atoms with van der Waals surface area (Å²) in [5.74, 6) is 0.150. The van der Waals surface area contributed by atoms with Crippen LogP contribution in [0, 0.1) is 0 Å². The number of carbonyl (C=O) groups is 2. The lowest BCUT2D eigenvalue weighted by Gasteiger charge is -2.23. The van der Waals surface area contributed by atoms with Crippen LogP contribution in [0.5, 0.6) is 0 Å². The minimum absolute atomic E-state index is 0.0137. The molecule has 148 valence electrons. The highest BCUT2D eigenvalue weighted by atomic mass is 16.2. The van der Waals surface area contributed by atoms with Crippen molar-refractivity contribution < 1.29 is 9.59 Å². The van der Waals surface area contributed by atoms with Crippen molar-refractivity contribution in [2.75, 3.05) is 26.2 Å². The van der Waals surface area contributed by atoms with Gasteiger partial charge in [0.05, 0.1) is 0 Å². The molecule has 28 heavy (non-hydrogen) atoms. The Labute approximate surface area is 167 Å². The Balaban J connectivity index is 1.66. The number of benzene rings is 2. The summed E-state index contributed by atoms with van der Waals surface area (Å²) in [5, 5.41) is 6.52. The highest BCUT2D eigenvalue weighted by Crippen LogP contribution is 2.17. The van der Waals surface area contributed by atoms with E-state index in [2.05, 4.69) is 10.6 Å². The van der Waals surface area contributed by atoms with Crippen LogP contribution in [0.1, 0.15) is 47.6 Å². The van der Waals surface area contributed by atoms with E-state index >= 15 is 0 Å². The van der Waals surface area contributed by atoms with Gasteiger partial charge in [0.15, 0.2) is 0 Å². The van der Waals surface area contributed by atoms with Gasteiger partial charge in [0.1, 0.15) is 0 Å². The molecule has 0 saturated carbocycles. The molecule has 2 amide bonds. The van der Waals surface area contributed by atoms with Crippen LogP contribution in [-0.2, 0) is 4.79 Å². The zero-order valence-corrected chi connectivity index (χ0v) is 16.3. The van der Waals surface area contributed by atoms with Crippen LogP contribution in [0.25, 0.3) is 0 Å². The van der Waals surface area contributed by atoms with Crippen molar-refractivity contribution in [1.82, 2.24) is 15.5 Å². The molecule has 1 fully saturated rings. The average molecular weight is 380 g/mol. The maximum atomic E-state index is 12.9. The number of rotatable bonds is 2. The topological polar surface area (TPSA) is 61.4 Å². The van der Waals surface area contributed by atoms with Crippen LogP contribution >= 0.6 is 0 Å². The van der Waals surface area contributed by atoms with Crippen LogP contribution in [0.2, 0.25) is 0 Å². The zero-order valence-electron chi connectivity index (χ0n) is 16.3. The predicted octanol–water partition coefficient (Wildman–Crippen LogP) is 3.15. The van der Waals surface area contributed by atoms with Gasteiger partial charge in [0.25, 0.3) is 5.91 Å². The van der Waals surface area contributed by atoms with Gasteiger partial charge in [0.2, 0.25) is 5.91 Å². The third-order valence-electron chi connectivity index (χ3n) is 5.07. The molecule has 0 spiro atoms. The highest BCUT2D eigenvalue weighted by molar-refractivity contribution is 5.94. The molecule has 0 aromatic heterocycles. The molecule has 1 aliphatic rings. The molecule has 5 nitrogen and oxygen atoms in total. The van der Waals surface area contributed by atoms with Gasteiger partial charge in [-0.1, -0.05) is 48.5 Å². The van der Waals surface area contributed by atoms with Crippen LogP contribution < -0.4 is 10.6 Å². The number of amides is 2. The molecule has 5 heteroatoms. The number of hydrogen-bond acceptors (Lipinski definition) is 3. The first-order chi connectivity index (χ1) is 13.7. The summed E-state index contributed by atoms with van der Waals surface area (Å²) in [5.41, 5.74) is 1.85. The quantitative estimate of drug-likeness (QED) is 0.843. The largest absolute Gasteiger partial charge is 0.356 e. The molecule has 0 radical (unpaired) electrons. The van der Waals surface area contributed by atoms with E-state index in [0.29, 0.717) is 26.1 Å². The summed E-state index contributed by atoms with van der Waals surface area (Å²) in [6, 6.07) is 19.5. The van der Waals surface area contributed by atoms with Crippen LogP contribution in [0.15, 0.2) is 60.7 Å². The highest BCUT2D eigenvalue weighted by Gasteiger charge is 2.18. The summed E-state index contributed by atoms with van der Waals surface area (Å²) in [6.45, 7) is 2.83. The molecule has 2 aromatic carbocycles. The van der Waals surface area contributed by atoms with Crippen molar-refractivity contribution in [1.29, 1.82) is 0 Å². The van der Waals surface area contributed by atoms with Crippen molar-refractivity contribution in [2.45, 2.75) is 31.7 Å². The molecule has 1 saturated heterocycles. The molecule has 2 N–H and O–H groups in total. The molecule has 2 aromatic rings. The number of nitrogens with zero attached hydrogens (tertiary/aromatic N) is 1. The SMILES string of the molecule is O=C1CC(c2ccccc2)NCCCN(C(=O)c2ccccc2)CCCCN1. The van der Waals surface area contributed by atoms with Crippen LogP contribution in [-0.4, -0.2) is 42.9 Å². The monoisotopic (exact) mass is 379 g/mol. The van der Waals surface area contributed by atoms with Gasteiger partial charge in [0, 0.05) is 37.7 Å². The summed E-state index contributed by atoms with van der Waals surface area (Å²) >= 11 is 0. The first-order valence-electron chi connectivity index (χ1n) is 10.1. The Hall–Kier alpha value is -2.66. The lowest BCUT2D eigenvalue weighted by Crippen LogP contribution is -2.35. The van der Waals surface area contributed by atoms with Crippen molar-refractivity contribution in [2.24, 2.45) is 0 Å². The smallest absolute Gasteiger partial charge is 0.253 e. The van der Waals surface area contributed by atoms with E-state index in [-0.39, 0.29) is 17.9 Å². The van der Waals surface area contributed by atoms with Crippen LogP contribution in [0.3, 0.4) is 0 Å². The van der Waals surface area contributed by atoms with E-state index in [1.807, 2.05) is 65.6 Å². The molecule has 0 aliphatic carbocycles. The fraction of sp³-hybridized carbons (Fsp3) is 0.391. The molecule has 3 rings (SSSR count). The third-order valence-corrected chi connectivity index (χ3v) is 5.07. The first kappa shape index (κ1) is 20.1. The van der Waals surface area contributed by atoms with Gasteiger partial charge >= 0.3 is 0 Å². The van der Waals surface area contributed by atoms with Gasteiger partial charge in [-0.2, -0.15) is 0 Å². The molecule has 1 unspecified atom stereocenters. The molecular formula is C23H29N3O2. The summed E-state index contributed by atoms with van der Waals surface area (Å²) in [6.07, 6.45) is 3.03. The fourth-order valence-corrected chi connectivity index (χ4v) is 3.53. The lowest BCUT2D eigenvalue weighted by molar-refractivity contribution is -0.121. The number of carbonyl (C=O) groups excluding carboxylic acids is 2. The lowest BCUT2D eigenvalue weighted by atomic mass is 10.0. The molecule has 1 atom stereocenters. The van der Waals surface area contributed by atoms with Gasteiger partial charge in [-0.15, -0.1) is 0 Å². The second-order valence-corrected chi connectivity index (χ2v) is 7.19. The van der Waals surface area contributed by atoms with E-state index in [4.69, 9.17) is 0 Å². The molecule has 1 aliphatic heterocycles. The van der Waals surface area contributed by atoms with Crippen LogP contribution in [0.4, 0.5) is 0 Å². The molecule has 1 heterocycles. The second kappa shape index (κ2) is 10.6. The van der Waals surface area contributed by atoms with Crippen molar-refractivity contribution in [3.63, 3.8) is 0 Å². The summed E-state index contributed by atoms with van der Waals surface area (Å²) in [7, 11) is 0. The van der Waals surface area contributed by atoms with E-state index in [9.17, 15) is 9.59 Å². The van der Waals surface area contributed by atoms with Gasteiger partial charge < -0.3 is 15.5 Å². The number of hydrogen-bond donors (Lipinski definition) is 2. The maximum Gasteiger partial charge on any atom is 0.253 e. The predicted molar refractivity (Wildman–Crippen MR) is 111 cm³/mol. The minimum atomic E-state index is -0.0137. The third kappa shape index (κ3) is 5.92. The van der Waals surface area contributed by atoms with E-state index < -0.39 is 0 Å². The Morgan fingerprint density at radius 1 is 0.857 bits per heavy atom. The van der Waals surface area contributed by atoms with Gasteiger partial charge in [-0.05, 0) is 43.5 Å². The Kier molecular flexibility index (Phi) is 7.62. The minimum Gasteiger partial charge on any atom is -0.356 e. The van der Waals surface area contributed by atoms with Gasteiger partial charge in [-0.3, -0.25) is 9.59 Å². The Morgan fingerprint density at radius 3 is 2.29 bits per heavy atom. The summed E-state index contributed by atoms with van der Waals surface area (Å²) in [4.78, 5) is 27.1.